The molecular weight excluding hydrogens is 268 g/mol. The smallest absolute Gasteiger partial charge is 0.252 e. The molecule has 2 aromatic rings. The van der Waals surface area contributed by atoms with E-state index in [4.69, 9.17) is 5.73 Å². The highest BCUT2D eigenvalue weighted by Crippen LogP contribution is 2.05. The number of hydrogen-bond donors (Lipinski definition) is 2. The number of hydrogen-bond acceptors (Lipinski definition) is 5. The Morgan fingerprint density at radius 2 is 2.38 bits per heavy atom. The summed E-state index contributed by atoms with van der Waals surface area (Å²) in [4.78, 5) is 16.1. The Kier molecular flexibility index (Phi) is 5.01. The van der Waals surface area contributed by atoms with Crippen LogP contribution in [0.15, 0.2) is 24.8 Å². The molecule has 0 aliphatic heterocycles. The first-order valence-corrected chi connectivity index (χ1v) is 6.46. The Bertz CT molecular complexity index is 682. The zero-order chi connectivity index (χ0) is 15.1. The van der Waals surface area contributed by atoms with Crippen molar-refractivity contribution in [2.24, 2.45) is 12.8 Å². The third kappa shape index (κ3) is 3.87. The maximum atomic E-state index is 12.2. The molecule has 0 unspecified atom stereocenters. The summed E-state index contributed by atoms with van der Waals surface area (Å²) < 4.78 is 1.82. The zero-order valence-electron chi connectivity index (χ0n) is 11.7. The standard InChI is InChI=1S/C14H16N6O/c1-20-10-18-19-13(20)5-8-17-14(21)12-4-7-16-9-11(12)3-2-6-15/h4,7,9-10H,5-6,8,15H2,1H3,(H,17,21). The van der Waals surface area contributed by atoms with E-state index in [9.17, 15) is 4.79 Å². The molecule has 2 rings (SSSR count). The van der Waals surface area contributed by atoms with Crippen LogP contribution in [0.4, 0.5) is 0 Å². The van der Waals surface area contributed by atoms with Crippen molar-refractivity contribution < 1.29 is 4.79 Å². The second-order valence-corrected chi connectivity index (χ2v) is 4.29. The molecule has 21 heavy (non-hydrogen) atoms. The van der Waals surface area contributed by atoms with Gasteiger partial charge in [-0.25, -0.2) is 0 Å². The number of pyridine rings is 1. The number of carbonyl (C=O) groups is 1. The Balaban J connectivity index is 1.99. The molecule has 0 atom stereocenters. The van der Waals surface area contributed by atoms with E-state index in [1.807, 2.05) is 11.6 Å². The van der Waals surface area contributed by atoms with Crippen LogP contribution in [0.2, 0.25) is 0 Å². The maximum Gasteiger partial charge on any atom is 0.252 e. The van der Waals surface area contributed by atoms with Crippen molar-refractivity contribution in [2.75, 3.05) is 13.1 Å². The summed E-state index contributed by atoms with van der Waals surface area (Å²) in [6, 6.07) is 1.64. The molecule has 108 valence electrons. The number of aromatic nitrogens is 4. The molecule has 7 nitrogen and oxygen atoms in total. The molecule has 0 saturated heterocycles. The second kappa shape index (κ2) is 7.17. The lowest BCUT2D eigenvalue weighted by Gasteiger charge is -2.06. The third-order valence-electron chi connectivity index (χ3n) is 2.83. The van der Waals surface area contributed by atoms with Gasteiger partial charge in [0.1, 0.15) is 12.2 Å². The van der Waals surface area contributed by atoms with Gasteiger partial charge >= 0.3 is 0 Å². The number of nitrogens with zero attached hydrogens (tertiary/aromatic N) is 4. The summed E-state index contributed by atoms with van der Waals surface area (Å²) in [6.45, 7) is 0.708. The minimum absolute atomic E-state index is 0.194. The third-order valence-corrected chi connectivity index (χ3v) is 2.83. The number of nitrogens with one attached hydrogen (secondary N) is 1. The number of nitrogens with two attached hydrogens (primary N) is 1. The number of rotatable bonds is 4. The lowest BCUT2D eigenvalue weighted by Crippen LogP contribution is -2.27. The van der Waals surface area contributed by atoms with Crippen molar-refractivity contribution in [3.63, 3.8) is 0 Å². The van der Waals surface area contributed by atoms with Crippen LogP contribution < -0.4 is 11.1 Å². The van der Waals surface area contributed by atoms with Crippen LogP contribution in [0.1, 0.15) is 21.7 Å². The van der Waals surface area contributed by atoms with Gasteiger partial charge in [-0.05, 0) is 6.07 Å². The summed E-state index contributed by atoms with van der Waals surface area (Å²) in [5.41, 5.74) is 6.40. The molecule has 7 heteroatoms. The van der Waals surface area contributed by atoms with Gasteiger partial charge in [-0.15, -0.1) is 10.2 Å². The summed E-state index contributed by atoms with van der Waals surface area (Å²) in [5, 5.41) is 10.6. The summed E-state index contributed by atoms with van der Waals surface area (Å²) in [7, 11) is 1.86. The molecule has 0 fully saturated rings. The van der Waals surface area contributed by atoms with Gasteiger partial charge in [0, 0.05) is 32.4 Å². The molecular formula is C14H16N6O. The van der Waals surface area contributed by atoms with E-state index in [2.05, 4.69) is 32.3 Å². The fourth-order valence-electron chi connectivity index (χ4n) is 1.75. The average Bonchev–Trinajstić information content (AvgIpc) is 2.91. The molecule has 0 bridgehead atoms. The van der Waals surface area contributed by atoms with Gasteiger partial charge in [0.05, 0.1) is 17.7 Å². The van der Waals surface area contributed by atoms with Crippen molar-refractivity contribution in [3.05, 3.63) is 41.7 Å². The molecule has 0 aromatic carbocycles. The zero-order valence-corrected chi connectivity index (χ0v) is 11.7. The molecule has 0 saturated carbocycles. The maximum absolute atomic E-state index is 12.2. The van der Waals surface area contributed by atoms with Crippen molar-refractivity contribution >= 4 is 5.91 Å². The highest BCUT2D eigenvalue weighted by atomic mass is 16.1. The van der Waals surface area contributed by atoms with Crippen LogP contribution in [0.3, 0.4) is 0 Å². The van der Waals surface area contributed by atoms with Crippen molar-refractivity contribution in [1.29, 1.82) is 0 Å². The number of carbonyl (C=O) groups excluding carboxylic acids is 1. The van der Waals surface area contributed by atoms with E-state index >= 15 is 0 Å². The molecule has 0 aliphatic rings. The first-order chi connectivity index (χ1) is 10.2. The Morgan fingerprint density at radius 1 is 1.52 bits per heavy atom. The minimum atomic E-state index is -0.194. The van der Waals surface area contributed by atoms with Crippen LogP contribution in [0.25, 0.3) is 0 Å². The van der Waals surface area contributed by atoms with E-state index in [-0.39, 0.29) is 12.5 Å². The summed E-state index contributed by atoms with van der Waals surface area (Å²) in [5.74, 6) is 6.18. The van der Waals surface area contributed by atoms with E-state index in [0.29, 0.717) is 24.1 Å². The molecule has 0 spiro atoms. The quantitative estimate of drug-likeness (QED) is 0.737. The van der Waals surface area contributed by atoms with Gasteiger partial charge in [0.2, 0.25) is 0 Å². The predicted molar refractivity (Wildman–Crippen MR) is 77.2 cm³/mol. The lowest BCUT2D eigenvalue weighted by atomic mass is 10.1. The van der Waals surface area contributed by atoms with Gasteiger partial charge in [0.15, 0.2) is 0 Å². The van der Waals surface area contributed by atoms with Gasteiger partial charge in [0.25, 0.3) is 5.91 Å². The monoisotopic (exact) mass is 284 g/mol. The Morgan fingerprint density at radius 3 is 3.10 bits per heavy atom. The lowest BCUT2D eigenvalue weighted by molar-refractivity contribution is 0.0953. The number of aryl methyl sites for hydroxylation is 1. The van der Waals surface area contributed by atoms with Crippen molar-refractivity contribution in [2.45, 2.75) is 6.42 Å². The normalized spacial score (nSPS) is 9.81. The molecule has 1 amide bonds. The molecule has 0 radical (unpaired) electrons. The van der Waals surface area contributed by atoms with Gasteiger partial charge in [-0.1, -0.05) is 11.8 Å². The largest absolute Gasteiger partial charge is 0.352 e. The van der Waals surface area contributed by atoms with E-state index in [0.717, 1.165) is 5.82 Å². The summed E-state index contributed by atoms with van der Waals surface area (Å²) >= 11 is 0. The van der Waals surface area contributed by atoms with Crippen LogP contribution >= 0.6 is 0 Å². The molecule has 0 aliphatic carbocycles. The topological polar surface area (TPSA) is 98.7 Å². The second-order valence-electron chi connectivity index (χ2n) is 4.29. The SMILES string of the molecule is Cn1cnnc1CCNC(=O)c1ccncc1C#CCN. The summed E-state index contributed by atoms with van der Waals surface area (Å²) in [6.07, 6.45) is 5.35. The molecule has 3 N–H and O–H groups in total. The highest BCUT2D eigenvalue weighted by Gasteiger charge is 2.10. The minimum Gasteiger partial charge on any atom is -0.352 e. The van der Waals surface area contributed by atoms with Crippen molar-refractivity contribution in [3.8, 4) is 11.8 Å². The predicted octanol–water partition coefficient (Wildman–Crippen LogP) is -0.507. The van der Waals surface area contributed by atoms with Gasteiger partial charge in [-0.3, -0.25) is 9.78 Å². The van der Waals surface area contributed by atoms with Crippen molar-refractivity contribution in [1.82, 2.24) is 25.1 Å². The molecule has 2 heterocycles. The number of amides is 1. The Labute approximate surface area is 122 Å². The first kappa shape index (κ1) is 14.7. The van der Waals surface area contributed by atoms with E-state index in [1.54, 1.807) is 24.8 Å². The average molecular weight is 284 g/mol. The highest BCUT2D eigenvalue weighted by molar-refractivity contribution is 5.96. The van der Waals surface area contributed by atoms with Gasteiger partial charge in [-0.2, -0.15) is 0 Å². The van der Waals surface area contributed by atoms with Gasteiger partial charge < -0.3 is 15.6 Å². The van der Waals surface area contributed by atoms with Crippen LogP contribution in [0.5, 0.6) is 0 Å². The fourth-order valence-corrected chi connectivity index (χ4v) is 1.75. The Hall–Kier alpha value is -2.72. The first-order valence-electron chi connectivity index (χ1n) is 6.46. The van der Waals surface area contributed by atoms with Crippen LogP contribution in [-0.4, -0.2) is 38.7 Å². The van der Waals surface area contributed by atoms with E-state index in [1.165, 1.54) is 0 Å². The van der Waals surface area contributed by atoms with E-state index < -0.39 is 0 Å². The molecule has 2 aromatic heterocycles. The van der Waals surface area contributed by atoms with Crippen LogP contribution in [0, 0.1) is 11.8 Å². The van der Waals surface area contributed by atoms with Crippen LogP contribution in [-0.2, 0) is 13.5 Å². The fraction of sp³-hybridized carbons (Fsp3) is 0.286.